The molecule has 0 spiro atoms. The topological polar surface area (TPSA) is 80.5 Å². The van der Waals surface area contributed by atoms with Gasteiger partial charge in [-0.15, -0.1) is 0 Å². The van der Waals surface area contributed by atoms with Crippen LogP contribution in [0, 0.1) is 57.5 Å². The fraction of sp³-hybridized carbons (Fsp3) is 0.133. The number of non-ortho nitro benzene ring substituents is 1. The number of halogens is 2. The van der Waals surface area contributed by atoms with Gasteiger partial charge in [0.25, 0.3) is 5.69 Å². The Morgan fingerprint density at radius 1 is 0.667 bits per heavy atom. The van der Waals surface area contributed by atoms with E-state index in [0.717, 1.165) is 27.6 Å². The lowest BCUT2D eigenvalue weighted by molar-refractivity contribution is -0.384. The van der Waals surface area contributed by atoms with Gasteiger partial charge in [-0.05, 0) is 36.4 Å². The first-order valence-corrected chi connectivity index (χ1v) is 15.0. The molecule has 0 amide bonds. The highest BCUT2D eigenvalue weighted by atomic mass is 79.9. The Bertz CT molecular complexity index is 1620. The molecule has 6 nitrogen and oxygen atoms in total. The SMILES string of the molecule is O=[N+]([O-])c1ccc(S(=O)(=O)N(CC#Cc2ccccc2C#CCBr)CC#Cc2ccccc2C#CCBr)cc1. The van der Waals surface area contributed by atoms with Crippen LogP contribution < -0.4 is 0 Å². The summed E-state index contributed by atoms with van der Waals surface area (Å²) in [7, 11) is -4.06. The van der Waals surface area contributed by atoms with E-state index in [-0.39, 0.29) is 23.7 Å². The average molecular weight is 664 g/mol. The highest BCUT2D eigenvalue weighted by molar-refractivity contribution is 9.09. The van der Waals surface area contributed by atoms with Crippen LogP contribution in [0.4, 0.5) is 5.69 Å². The van der Waals surface area contributed by atoms with Crippen molar-refractivity contribution in [2.45, 2.75) is 4.90 Å². The number of sulfonamides is 1. The summed E-state index contributed by atoms with van der Waals surface area (Å²) < 4.78 is 28.1. The van der Waals surface area contributed by atoms with Crippen LogP contribution in [-0.4, -0.2) is 41.4 Å². The number of nitro benzene ring substituents is 1. The molecule has 0 radical (unpaired) electrons. The molecule has 0 bridgehead atoms. The van der Waals surface area contributed by atoms with Crippen molar-refractivity contribution in [3.05, 3.63) is 105 Å². The molecule has 3 aromatic rings. The number of benzene rings is 3. The minimum Gasteiger partial charge on any atom is -0.258 e. The van der Waals surface area contributed by atoms with Crippen LogP contribution >= 0.6 is 31.9 Å². The van der Waals surface area contributed by atoms with Gasteiger partial charge < -0.3 is 0 Å². The molecule has 9 heteroatoms. The first-order chi connectivity index (χ1) is 18.9. The molecule has 0 unspecified atom stereocenters. The van der Waals surface area contributed by atoms with E-state index < -0.39 is 14.9 Å². The van der Waals surface area contributed by atoms with Gasteiger partial charge in [-0.1, -0.05) is 103 Å². The standard InChI is InChI=1S/C30H20Br2N2O4S/c31-21-5-13-25-9-1-3-11-27(25)15-7-23-33(39(37,38)30-19-17-29(18-20-30)34(35)36)24-8-16-28-12-4-2-10-26(28)14-6-22-32/h1-4,9-12,17-20H,21-24H2. The first-order valence-electron chi connectivity index (χ1n) is 11.4. The van der Waals surface area contributed by atoms with Crippen LogP contribution in [0.25, 0.3) is 0 Å². The minimum absolute atomic E-state index is 0.0936. The van der Waals surface area contributed by atoms with Gasteiger partial charge in [-0.3, -0.25) is 10.1 Å². The monoisotopic (exact) mass is 662 g/mol. The van der Waals surface area contributed by atoms with Gasteiger partial charge in [0.1, 0.15) is 0 Å². The Hall–Kier alpha value is -3.83. The molecular formula is C30H20Br2N2O4S. The van der Waals surface area contributed by atoms with E-state index in [0.29, 0.717) is 21.8 Å². The average Bonchev–Trinajstić information content (AvgIpc) is 2.95. The maximum atomic E-state index is 13.5. The molecular weight excluding hydrogens is 644 g/mol. The van der Waals surface area contributed by atoms with Crippen molar-refractivity contribution in [1.29, 1.82) is 0 Å². The van der Waals surface area contributed by atoms with E-state index in [4.69, 9.17) is 0 Å². The summed E-state index contributed by atoms with van der Waals surface area (Å²) >= 11 is 6.55. The molecule has 0 saturated carbocycles. The molecule has 0 saturated heterocycles. The predicted octanol–water partition coefficient (Wildman–Crippen LogP) is 5.18. The molecule has 3 aromatic carbocycles. The third-order valence-electron chi connectivity index (χ3n) is 5.08. The van der Waals surface area contributed by atoms with Gasteiger partial charge in [0.2, 0.25) is 10.0 Å². The van der Waals surface area contributed by atoms with Gasteiger partial charge in [0.05, 0.1) is 33.6 Å². The van der Waals surface area contributed by atoms with Crippen molar-refractivity contribution in [3.8, 4) is 47.4 Å². The van der Waals surface area contributed by atoms with Crippen molar-refractivity contribution in [3.63, 3.8) is 0 Å². The zero-order valence-corrected chi connectivity index (χ0v) is 24.4. The zero-order chi connectivity index (χ0) is 28.1. The molecule has 0 atom stereocenters. The maximum absolute atomic E-state index is 13.5. The molecule has 0 N–H and O–H groups in total. The Labute approximate surface area is 245 Å². The zero-order valence-electron chi connectivity index (χ0n) is 20.4. The van der Waals surface area contributed by atoms with E-state index in [2.05, 4.69) is 79.2 Å². The van der Waals surface area contributed by atoms with E-state index in [1.54, 1.807) is 0 Å². The molecule has 39 heavy (non-hydrogen) atoms. The number of nitro groups is 1. The highest BCUT2D eigenvalue weighted by Gasteiger charge is 2.24. The van der Waals surface area contributed by atoms with E-state index >= 15 is 0 Å². The lowest BCUT2D eigenvalue weighted by Crippen LogP contribution is -2.32. The number of hydrogen-bond acceptors (Lipinski definition) is 4. The molecule has 0 aliphatic carbocycles. The summed E-state index contributed by atoms with van der Waals surface area (Å²) in [5, 5.41) is 12.0. The van der Waals surface area contributed by atoms with Crippen LogP contribution in [0.5, 0.6) is 0 Å². The number of rotatable bonds is 5. The summed E-state index contributed by atoms with van der Waals surface area (Å²) in [6, 6.07) is 19.4. The van der Waals surface area contributed by atoms with Crippen LogP contribution in [0.2, 0.25) is 0 Å². The molecule has 0 aliphatic heterocycles. The molecule has 194 valence electrons. The van der Waals surface area contributed by atoms with Crippen LogP contribution in [0.15, 0.2) is 77.7 Å². The van der Waals surface area contributed by atoms with Crippen molar-refractivity contribution in [1.82, 2.24) is 4.31 Å². The lowest BCUT2D eigenvalue weighted by atomic mass is 10.1. The molecule has 3 rings (SSSR count). The smallest absolute Gasteiger partial charge is 0.258 e. The fourth-order valence-electron chi connectivity index (χ4n) is 3.22. The molecule has 0 aliphatic rings. The molecule has 0 aromatic heterocycles. The van der Waals surface area contributed by atoms with Crippen LogP contribution in [0.1, 0.15) is 22.3 Å². The highest BCUT2D eigenvalue weighted by Crippen LogP contribution is 2.19. The third-order valence-corrected chi connectivity index (χ3v) is 7.44. The number of alkyl halides is 2. The number of hydrogen-bond donors (Lipinski definition) is 0. The predicted molar refractivity (Wildman–Crippen MR) is 160 cm³/mol. The lowest BCUT2D eigenvalue weighted by Gasteiger charge is -2.17. The Morgan fingerprint density at radius 2 is 1.05 bits per heavy atom. The maximum Gasteiger partial charge on any atom is 0.269 e. The van der Waals surface area contributed by atoms with Gasteiger partial charge in [0.15, 0.2) is 0 Å². The van der Waals surface area contributed by atoms with E-state index in [1.165, 1.54) is 12.1 Å². The largest absolute Gasteiger partial charge is 0.269 e. The van der Waals surface area contributed by atoms with E-state index in [9.17, 15) is 18.5 Å². The van der Waals surface area contributed by atoms with E-state index in [1.807, 2.05) is 48.5 Å². The van der Waals surface area contributed by atoms with Gasteiger partial charge >= 0.3 is 0 Å². The van der Waals surface area contributed by atoms with Crippen molar-refractivity contribution >= 4 is 47.6 Å². The third kappa shape index (κ3) is 8.59. The second-order valence-electron chi connectivity index (χ2n) is 7.59. The number of nitrogens with zero attached hydrogens (tertiary/aromatic N) is 2. The Kier molecular flexibility index (Phi) is 11.4. The fourth-order valence-corrected chi connectivity index (χ4v) is 4.75. The minimum atomic E-state index is -4.06. The normalized spacial score (nSPS) is 10.0. The van der Waals surface area contributed by atoms with Crippen LogP contribution in [-0.2, 0) is 10.0 Å². The summed E-state index contributed by atoms with van der Waals surface area (Å²) in [4.78, 5) is 10.3. The summed E-state index contributed by atoms with van der Waals surface area (Å²) in [6.45, 7) is -0.307. The molecule has 0 fully saturated rings. The second-order valence-corrected chi connectivity index (χ2v) is 10.6. The van der Waals surface area contributed by atoms with Crippen molar-refractivity contribution in [2.75, 3.05) is 23.7 Å². The van der Waals surface area contributed by atoms with Crippen LogP contribution in [0.3, 0.4) is 0 Å². The molecule has 0 heterocycles. The second kappa shape index (κ2) is 14.9. The van der Waals surface area contributed by atoms with Crippen molar-refractivity contribution < 1.29 is 13.3 Å². The first kappa shape index (κ1) is 29.7. The van der Waals surface area contributed by atoms with Gasteiger partial charge in [-0.2, -0.15) is 4.31 Å². The van der Waals surface area contributed by atoms with Gasteiger partial charge in [-0.25, -0.2) is 8.42 Å². The summed E-state index contributed by atoms with van der Waals surface area (Å²) in [5.41, 5.74) is 2.60. The Balaban J connectivity index is 1.96. The summed E-state index contributed by atoms with van der Waals surface area (Å²) in [6.07, 6.45) is 0. The van der Waals surface area contributed by atoms with Gasteiger partial charge in [0, 0.05) is 34.4 Å². The Morgan fingerprint density at radius 3 is 1.41 bits per heavy atom. The van der Waals surface area contributed by atoms with Crippen molar-refractivity contribution in [2.24, 2.45) is 0 Å². The summed E-state index contributed by atoms with van der Waals surface area (Å²) in [5.74, 6) is 23.8. The quantitative estimate of drug-likeness (QED) is 0.163.